The summed E-state index contributed by atoms with van der Waals surface area (Å²) < 4.78 is 63.1. The number of hydrazine groups is 1. The summed E-state index contributed by atoms with van der Waals surface area (Å²) in [5.74, 6) is -2.43. The summed E-state index contributed by atoms with van der Waals surface area (Å²) in [4.78, 5) is 79.4. The predicted molar refractivity (Wildman–Crippen MR) is 254 cm³/mol. The second-order valence-corrected chi connectivity index (χ2v) is 20.3. The molecule has 7 heterocycles. The van der Waals surface area contributed by atoms with E-state index in [0.29, 0.717) is 60.2 Å². The van der Waals surface area contributed by atoms with Crippen molar-refractivity contribution in [1.29, 1.82) is 0 Å². The average Bonchev–Trinajstić information content (AvgIpc) is 4.07. The predicted octanol–water partition coefficient (Wildman–Crippen LogP) is 5.86. The van der Waals surface area contributed by atoms with Crippen molar-refractivity contribution in [2.24, 2.45) is 17.3 Å². The summed E-state index contributed by atoms with van der Waals surface area (Å²) >= 11 is 0. The van der Waals surface area contributed by atoms with Gasteiger partial charge in [-0.05, 0) is 92.8 Å². The summed E-state index contributed by atoms with van der Waals surface area (Å²) in [6, 6.07) is 4.30. The van der Waals surface area contributed by atoms with E-state index in [1.54, 1.807) is 74.1 Å². The van der Waals surface area contributed by atoms with E-state index in [0.717, 1.165) is 12.8 Å². The number of benzene rings is 1. The van der Waals surface area contributed by atoms with Crippen molar-refractivity contribution in [2.45, 2.75) is 116 Å². The summed E-state index contributed by atoms with van der Waals surface area (Å²) in [5, 5.41) is 13.2. The number of nitrogens with zero attached hydrogens (tertiary/aromatic N) is 8. The fourth-order valence-corrected chi connectivity index (χ4v) is 10.7. The number of urea groups is 1. The molecule has 0 aliphatic carbocycles. The van der Waals surface area contributed by atoms with E-state index in [1.165, 1.54) is 27.7 Å². The number of hydrogen-bond donors (Lipinski definition) is 2. The normalized spacial score (nSPS) is 22.7. The van der Waals surface area contributed by atoms with Crippen LogP contribution in [0.5, 0.6) is 0 Å². The van der Waals surface area contributed by atoms with Crippen LogP contribution in [0, 0.1) is 17.3 Å². The van der Waals surface area contributed by atoms with Gasteiger partial charge >= 0.3 is 18.2 Å². The number of carbonyl (C=O) groups is 5. The number of rotatable bonds is 9. The van der Waals surface area contributed by atoms with E-state index in [1.807, 2.05) is 13.8 Å². The lowest BCUT2D eigenvalue weighted by Gasteiger charge is -2.37. The lowest BCUT2D eigenvalue weighted by Crippen LogP contribution is -2.62. The Balaban J connectivity index is 1.16. The molecule has 71 heavy (non-hydrogen) atoms. The highest BCUT2D eigenvalue weighted by Gasteiger charge is 2.45. The number of halogens is 3. The van der Waals surface area contributed by atoms with Gasteiger partial charge in [0.2, 0.25) is 23.6 Å². The summed E-state index contributed by atoms with van der Waals surface area (Å²) in [6.45, 7) is 12.7. The van der Waals surface area contributed by atoms with Crippen LogP contribution in [0.4, 0.5) is 18.0 Å². The van der Waals surface area contributed by atoms with Gasteiger partial charge in [0, 0.05) is 74.0 Å². The molecule has 21 heteroatoms. The van der Waals surface area contributed by atoms with Crippen LogP contribution in [0.1, 0.15) is 83.6 Å². The van der Waals surface area contributed by atoms with Gasteiger partial charge in [0.25, 0.3) is 5.91 Å². The molecule has 0 saturated carbocycles. The van der Waals surface area contributed by atoms with E-state index in [2.05, 4.69) is 32.5 Å². The van der Waals surface area contributed by atoms with Gasteiger partial charge < -0.3 is 38.5 Å². The van der Waals surface area contributed by atoms with Gasteiger partial charge in [0.15, 0.2) is 0 Å². The first-order valence-corrected chi connectivity index (χ1v) is 24.2. The number of likely N-dealkylation sites (tertiary alicyclic amines) is 2. The second kappa shape index (κ2) is 20.4. The number of alkyl halides is 3. The Labute approximate surface area is 410 Å². The first kappa shape index (κ1) is 51.0. The van der Waals surface area contributed by atoms with Gasteiger partial charge in [-0.3, -0.25) is 29.2 Å². The fraction of sp³-hybridized carbons (Fsp3) is 0.560. The Morgan fingerprint density at radius 3 is 2.56 bits per heavy atom. The van der Waals surface area contributed by atoms with Gasteiger partial charge in [-0.2, -0.15) is 13.2 Å². The zero-order valence-corrected chi connectivity index (χ0v) is 41.3. The van der Waals surface area contributed by atoms with Crippen LogP contribution in [-0.4, -0.2) is 146 Å². The molecule has 6 atom stereocenters. The van der Waals surface area contributed by atoms with Crippen LogP contribution in [-0.2, 0) is 48.0 Å². The number of hydrogen-bond acceptors (Lipinski definition) is 12. The first-order chi connectivity index (χ1) is 33.7. The number of carbonyl (C=O) groups excluding carboxylic acids is 5. The Morgan fingerprint density at radius 1 is 1.08 bits per heavy atom. The number of methoxy groups -OCH3 is 1. The van der Waals surface area contributed by atoms with E-state index < -0.39 is 72.1 Å². The standard InChI is InChI=1S/C50H63F3N10O8/c1-9-40(64)61-19-11-13-31-24-60(25-38(31)61)48(68)59(7)42(28(2)3)44(65)55-36-22-39-56-57-45(71-39)30-16-17-37-33(21-30)34(23-49(5,6)27-70-47(67)35-15-12-20-63(58-35)46(36)66)43(62(37)26-50(51,52)53)32-14-10-18-54-41(32)29(4)69-8/h9-10,14,16-18,21,28-29,31,35-36,38,42,58H,1,11-13,15,19-20,22-27H2,2-8H3,(H,55,65)/t29-,31-,35-,36-,38+,42?/m0/s1. The maximum atomic E-state index is 14.7. The second-order valence-electron chi connectivity index (χ2n) is 20.3. The molecule has 6 bridgehead atoms. The van der Waals surface area contributed by atoms with Crippen LogP contribution in [0.25, 0.3) is 33.6 Å². The van der Waals surface area contributed by atoms with Crippen molar-refractivity contribution in [3.63, 3.8) is 0 Å². The lowest BCUT2D eigenvalue weighted by molar-refractivity contribution is -0.155. The Morgan fingerprint density at radius 2 is 1.85 bits per heavy atom. The first-order valence-electron chi connectivity index (χ1n) is 24.2. The molecular weight excluding hydrogens is 926 g/mol. The number of cyclic esters (lactones) is 1. The quantitative estimate of drug-likeness (QED) is 0.150. The van der Waals surface area contributed by atoms with Crippen LogP contribution in [0.3, 0.4) is 0 Å². The van der Waals surface area contributed by atoms with Crippen LogP contribution in [0.15, 0.2) is 53.6 Å². The molecule has 1 unspecified atom stereocenters. The summed E-state index contributed by atoms with van der Waals surface area (Å²) in [6.07, 6.45) is -0.125. The van der Waals surface area contributed by atoms with Crippen LogP contribution in [0.2, 0.25) is 0 Å². The number of piperidine rings is 1. The maximum Gasteiger partial charge on any atom is 0.406 e. The molecule has 3 saturated heterocycles. The van der Waals surface area contributed by atoms with E-state index in [-0.39, 0.29) is 66.9 Å². The molecule has 0 radical (unpaired) electrons. The van der Waals surface area contributed by atoms with Crippen molar-refractivity contribution >= 4 is 40.6 Å². The third kappa shape index (κ3) is 10.7. The number of pyridine rings is 1. The molecule has 8 rings (SSSR count). The van der Waals surface area contributed by atoms with Gasteiger partial charge in [-0.25, -0.2) is 10.2 Å². The molecule has 3 aromatic heterocycles. The van der Waals surface area contributed by atoms with Gasteiger partial charge in [0.05, 0.1) is 36.6 Å². The zero-order valence-electron chi connectivity index (χ0n) is 41.3. The molecule has 4 aromatic rings. The van der Waals surface area contributed by atoms with Gasteiger partial charge in [-0.1, -0.05) is 34.3 Å². The molecule has 3 fully saturated rings. The van der Waals surface area contributed by atoms with Crippen molar-refractivity contribution in [1.82, 2.24) is 50.2 Å². The smallest absolute Gasteiger partial charge is 0.406 e. The molecule has 5 amide bonds. The molecule has 4 aliphatic heterocycles. The third-order valence-electron chi connectivity index (χ3n) is 14.2. The van der Waals surface area contributed by atoms with E-state index in [9.17, 15) is 37.1 Å². The molecule has 382 valence electrons. The van der Waals surface area contributed by atoms with E-state index >= 15 is 0 Å². The number of aromatic nitrogens is 4. The van der Waals surface area contributed by atoms with Gasteiger partial charge in [-0.15, -0.1) is 10.2 Å². The number of fused-ring (bicyclic) bond motifs is 7. The molecule has 18 nitrogen and oxygen atoms in total. The molecule has 0 spiro atoms. The highest BCUT2D eigenvalue weighted by Crippen LogP contribution is 2.43. The summed E-state index contributed by atoms with van der Waals surface area (Å²) in [7, 11) is 3.04. The molecule has 4 aliphatic rings. The fourth-order valence-electron chi connectivity index (χ4n) is 10.7. The topological polar surface area (TPSA) is 198 Å². The highest BCUT2D eigenvalue weighted by molar-refractivity contribution is 5.95. The van der Waals surface area contributed by atoms with Crippen LogP contribution >= 0.6 is 0 Å². The number of likely N-dealkylation sites (N-methyl/N-ethyl adjacent to an activating group) is 1. The van der Waals surface area contributed by atoms with Gasteiger partial charge in [0.1, 0.15) is 24.7 Å². The Kier molecular flexibility index (Phi) is 14.7. The largest absolute Gasteiger partial charge is 0.464 e. The number of amides is 5. The average molecular weight is 989 g/mol. The number of esters is 1. The minimum Gasteiger partial charge on any atom is -0.464 e. The maximum absolute atomic E-state index is 14.7. The monoisotopic (exact) mass is 988 g/mol. The van der Waals surface area contributed by atoms with Crippen molar-refractivity contribution in [3.05, 3.63) is 66.3 Å². The highest BCUT2D eigenvalue weighted by atomic mass is 19.4. The number of nitrogens with one attached hydrogen (secondary N) is 2. The summed E-state index contributed by atoms with van der Waals surface area (Å²) in [5.41, 5.74) is 4.50. The van der Waals surface area contributed by atoms with Crippen molar-refractivity contribution in [2.75, 3.05) is 46.9 Å². The lowest BCUT2D eigenvalue weighted by atomic mass is 9.84. The SMILES string of the molecule is C=CC(=O)N1CCC[C@H]2CN(C(=O)N(C)C(C(=O)N[C@H]3Cc4nnc(o4)-c4ccc5c(c4)c(c(-c4cccnc4[C@H](C)OC)n5CC(F)(F)F)CC(C)(C)COC(=O)[C@@H]4CCCN(N4)C3=O)C(C)C)C[C@H]21. The Bertz CT molecular complexity index is 2680. The van der Waals surface area contributed by atoms with Crippen molar-refractivity contribution < 1.29 is 51.0 Å². The molecule has 1 aromatic carbocycles. The van der Waals surface area contributed by atoms with Crippen molar-refractivity contribution in [3.8, 4) is 22.7 Å². The van der Waals surface area contributed by atoms with Crippen LogP contribution < -0.4 is 10.7 Å². The third-order valence-corrected chi connectivity index (χ3v) is 14.2. The molecular formula is C50H63F3N10O8. The van der Waals surface area contributed by atoms with E-state index in [4.69, 9.17) is 13.9 Å². The zero-order chi connectivity index (χ0) is 51.1. The number of ether oxygens (including phenoxy) is 2. The Hall–Kier alpha value is -6.35. The minimum atomic E-state index is -4.63. The minimum absolute atomic E-state index is 0.0148. The molecule has 2 N–H and O–H groups in total.